The van der Waals surface area contributed by atoms with Crippen LogP contribution in [0.4, 0.5) is 10.1 Å². The molecule has 3 heteroatoms. The van der Waals surface area contributed by atoms with Crippen molar-refractivity contribution in [3.05, 3.63) is 65.0 Å². The van der Waals surface area contributed by atoms with Gasteiger partial charge in [-0.3, -0.25) is 0 Å². The van der Waals surface area contributed by atoms with Crippen LogP contribution < -0.4 is 4.90 Å². The summed E-state index contributed by atoms with van der Waals surface area (Å²) in [6.45, 7) is 7.38. The molecule has 0 aliphatic carbocycles. The van der Waals surface area contributed by atoms with Gasteiger partial charge in [0.05, 0.1) is 6.10 Å². The minimum Gasteiger partial charge on any atom is -0.387 e. The highest BCUT2D eigenvalue weighted by Crippen LogP contribution is 2.21. The smallest absolute Gasteiger partial charge is 0.123 e. The van der Waals surface area contributed by atoms with Gasteiger partial charge in [0.25, 0.3) is 0 Å². The van der Waals surface area contributed by atoms with Gasteiger partial charge in [-0.2, -0.15) is 0 Å². The number of anilines is 1. The maximum absolute atomic E-state index is 13.0. The fourth-order valence-electron chi connectivity index (χ4n) is 2.36. The quantitative estimate of drug-likeness (QED) is 0.898. The zero-order chi connectivity index (χ0) is 15.4. The third-order valence-corrected chi connectivity index (χ3v) is 3.88. The van der Waals surface area contributed by atoms with Crippen molar-refractivity contribution in [3.8, 4) is 0 Å². The molecule has 112 valence electrons. The van der Waals surface area contributed by atoms with Gasteiger partial charge in [-0.05, 0) is 61.7 Å². The Hall–Kier alpha value is -1.87. The van der Waals surface area contributed by atoms with Crippen molar-refractivity contribution >= 4 is 5.69 Å². The number of halogens is 1. The maximum Gasteiger partial charge on any atom is 0.123 e. The summed E-state index contributed by atoms with van der Waals surface area (Å²) in [5.41, 5.74) is 4.23. The molecule has 21 heavy (non-hydrogen) atoms. The van der Waals surface area contributed by atoms with Crippen molar-refractivity contribution in [1.29, 1.82) is 0 Å². The van der Waals surface area contributed by atoms with Crippen LogP contribution in [0.3, 0.4) is 0 Å². The lowest BCUT2D eigenvalue weighted by molar-refractivity contribution is 0.183. The standard InChI is InChI=1S/C18H22FNO/c1-4-20(17-9-7-16(19)8-10-17)12-18(21)15-6-5-13(2)14(3)11-15/h5-11,18,21H,4,12H2,1-3H3. The Morgan fingerprint density at radius 3 is 2.29 bits per heavy atom. The first-order chi connectivity index (χ1) is 10.0. The van der Waals surface area contributed by atoms with Gasteiger partial charge < -0.3 is 10.0 Å². The number of rotatable bonds is 5. The van der Waals surface area contributed by atoms with E-state index in [1.165, 1.54) is 23.3 Å². The zero-order valence-electron chi connectivity index (χ0n) is 12.8. The van der Waals surface area contributed by atoms with Crippen LogP contribution in [0.15, 0.2) is 42.5 Å². The molecule has 1 unspecified atom stereocenters. The molecular formula is C18H22FNO. The predicted octanol–water partition coefficient (Wildman–Crippen LogP) is 4.00. The predicted molar refractivity (Wildman–Crippen MR) is 85.2 cm³/mol. The SMILES string of the molecule is CCN(CC(O)c1ccc(C)c(C)c1)c1ccc(F)cc1. The first-order valence-electron chi connectivity index (χ1n) is 7.27. The second-order valence-electron chi connectivity index (χ2n) is 5.37. The zero-order valence-corrected chi connectivity index (χ0v) is 12.8. The fraction of sp³-hybridized carbons (Fsp3) is 0.333. The Kier molecular flexibility index (Phi) is 4.97. The third kappa shape index (κ3) is 3.82. The number of hydrogen-bond acceptors (Lipinski definition) is 2. The minimum absolute atomic E-state index is 0.246. The van der Waals surface area contributed by atoms with Gasteiger partial charge in [-0.15, -0.1) is 0 Å². The summed E-state index contributed by atoms with van der Waals surface area (Å²) in [7, 11) is 0. The highest BCUT2D eigenvalue weighted by molar-refractivity contribution is 5.46. The number of benzene rings is 2. The van der Waals surface area contributed by atoms with E-state index in [0.29, 0.717) is 6.54 Å². The molecule has 0 aliphatic heterocycles. The number of nitrogens with zero attached hydrogens (tertiary/aromatic N) is 1. The molecule has 0 aromatic heterocycles. The topological polar surface area (TPSA) is 23.5 Å². The molecule has 0 amide bonds. The Balaban J connectivity index is 2.13. The molecule has 2 aromatic rings. The molecule has 2 nitrogen and oxygen atoms in total. The lowest BCUT2D eigenvalue weighted by Gasteiger charge is -2.26. The van der Waals surface area contributed by atoms with Crippen molar-refractivity contribution in [1.82, 2.24) is 0 Å². The van der Waals surface area contributed by atoms with Crippen molar-refractivity contribution in [2.75, 3.05) is 18.0 Å². The summed E-state index contributed by atoms with van der Waals surface area (Å²) in [4.78, 5) is 2.04. The van der Waals surface area contributed by atoms with Crippen LogP contribution in [0.5, 0.6) is 0 Å². The summed E-state index contributed by atoms with van der Waals surface area (Å²) >= 11 is 0. The number of aliphatic hydroxyl groups is 1. The molecule has 0 fully saturated rings. The van der Waals surface area contributed by atoms with Gasteiger partial charge in [0.1, 0.15) is 5.82 Å². The van der Waals surface area contributed by atoms with E-state index in [1.54, 1.807) is 12.1 Å². The van der Waals surface area contributed by atoms with Crippen LogP contribution in [-0.4, -0.2) is 18.2 Å². The molecule has 0 radical (unpaired) electrons. The van der Waals surface area contributed by atoms with Crippen LogP contribution in [0.2, 0.25) is 0 Å². The molecule has 0 heterocycles. The number of hydrogen-bond donors (Lipinski definition) is 1. The maximum atomic E-state index is 13.0. The first kappa shape index (κ1) is 15.5. The summed E-state index contributed by atoms with van der Waals surface area (Å²) < 4.78 is 13.0. The average Bonchev–Trinajstić information content (AvgIpc) is 2.48. The normalized spacial score (nSPS) is 12.2. The lowest BCUT2D eigenvalue weighted by Crippen LogP contribution is -2.28. The van der Waals surface area contributed by atoms with Crippen molar-refractivity contribution < 1.29 is 9.50 Å². The van der Waals surface area contributed by atoms with Crippen LogP contribution in [0, 0.1) is 19.7 Å². The second kappa shape index (κ2) is 6.72. The lowest BCUT2D eigenvalue weighted by atomic mass is 10.0. The van der Waals surface area contributed by atoms with Crippen LogP contribution in [0.1, 0.15) is 29.7 Å². The number of aryl methyl sites for hydroxylation is 2. The van der Waals surface area contributed by atoms with Gasteiger partial charge in [0, 0.05) is 18.8 Å². The highest BCUT2D eigenvalue weighted by atomic mass is 19.1. The molecule has 2 aromatic carbocycles. The second-order valence-corrected chi connectivity index (χ2v) is 5.37. The van der Waals surface area contributed by atoms with E-state index in [-0.39, 0.29) is 5.82 Å². The Labute approximate surface area is 125 Å². The van der Waals surface area contributed by atoms with Crippen molar-refractivity contribution in [2.24, 2.45) is 0 Å². The third-order valence-electron chi connectivity index (χ3n) is 3.88. The van der Waals surface area contributed by atoms with Crippen LogP contribution in [0.25, 0.3) is 0 Å². The summed E-state index contributed by atoms with van der Waals surface area (Å²) in [5, 5.41) is 10.4. The number of likely N-dealkylation sites (N-methyl/N-ethyl adjacent to an activating group) is 1. The van der Waals surface area contributed by atoms with Crippen molar-refractivity contribution in [3.63, 3.8) is 0 Å². The molecular weight excluding hydrogens is 265 g/mol. The molecule has 1 atom stereocenters. The minimum atomic E-state index is -0.561. The molecule has 0 saturated heterocycles. The highest BCUT2D eigenvalue weighted by Gasteiger charge is 2.13. The molecule has 0 spiro atoms. The van der Waals surface area contributed by atoms with E-state index in [4.69, 9.17) is 0 Å². The Morgan fingerprint density at radius 2 is 1.71 bits per heavy atom. The molecule has 2 rings (SSSR count). The first-order valence-corrected chi connectivity index (χ1v) is 7.27. The molecule has 0 bridgehead atoms. The van der Waals surface area contributed by atoms with E-state index < -0.39 is 6.10 Å². The Morgan fingerprint density at radius 1 is 1.05 bits per heavy atom. The van der Waals surface area contributed by atoms with E-state index in [0.717, 1.165) is 17.8 Å². The summed E-state index contributed by atoms with van der Waals surface area (Å²) in [6, 6.07) is 12.4. The largest absolute Gasteiger partial charge is 0.387 e. The van der Waals surface area contributed by atoms with Crippen molar-refractivity contribution in [2.45, 2.75) is 26.9 Å². The molecule has 0 saturated carbocycles. The van der Waals surface area contributed by atoms with Gasteiger partial charge in [-0.1, -0.05) is 18.2 Å². The van der Waals surface area contributed by atoms with E-state index in [1.807, 2.05) is 36.9 Å². The summed E-state index contributed by atoms with van der Waals surface area (Å²) in [5.74, 6) is -0.246. The Bertz CT molecular complexity index is 595. The van der Waals surface area contributed by atoms with Gasteiger partial charge >= 0.3 is 0 Å². The van der Waals surface area contributed by atoms with E-state index >= 15 is 0 Å². The van der Waals surface area contributed by atoms with Gasteiger partial charge in [0.2, 0.25) is 0 Å². The number of aliphatic hydroxyl groups excluding tert-OH is 1. The van der Waals surface area contributed by atoms with Crippen LogP contribution in [-0.2, 0) is 0 Å². The van der Waals surface area contributed by atoms with Crippen LogP contribution >= 0.6 is 0 Å². The molecule has 1 N–H and O–H groups in total. The fourth-order valence-corrected chi connectivity index (χ4v) is 2.36. The van der Waals surface area contributed by atoms with E-state index in [2.05, 4.69) is 6.92 Å². The monoisotopic (exact) mass is 287 g/mol. The molecule has 0 aliphatic rings. The average molecular weight is 287 g/mol. The van der Waals surface area contributed by atoms with E-state index in [9.17, 15) is 9.50 Å². The van der Waals surface area contributed by atoms with Gasteiger partial charge in [0.15, 0.2) is 0 Å². The summed E-state index contributed by atoms with van der Waals surface area (Å²) in [6.07, 6.45) is -0.561. The van der Waals surface area contributed by atoms with Gasteiger partial charge in [-0.25, -0.2) is 4.39 Å².